The minimum atomic E-state index is -3.44. The third-order valence-electron chi connectivity index (χ3n) is 3.34. The van der Waals surface area contributed by atoms with Gasteiger partial charge in [-0.25, -0.2) is 8.42 Å². The van der Waals surface area contributed by atoms with Gasteiger partial charge in [0, 0.05) is 31.1 Å². The normalized spacial score (nSPS) is 18.8. The summed E-state index contributed by atoms with van der Waals surface area (Å²) >= 11 is 1.28. The van der Waals surface area contributed by atoms with Gasteiger partial charge >= 0.3 is 0 Å². The molecule has 0 aliphatic carbocycles. The van der Waals surface area contributed by atoms with Crippen LogP contribution < -0.4 is 0 Å². The Morgan fingerprint density at radius 2 is 2.00 bits per heavy atom. The third kappa shape index (κ3) is 3.17. The fourth-order valence-corrected chi connectivity index (χ4v) is 5.01. The van der Waals surface area contributed by atoms with E-state index in [0.717, 1.165) is 26.1 Å². The first-order valence-corrected chi connectivity index (χ1v) is 8.81. The topological polar surface area (TPSA) is 60.9 Å². The van der Waals surface area contributed by atoms with Crippen molar-refractivity contribution in [1.29, 1.82) is 0 Å². The highest BCUT2D eigenvalue weighted by atomic mass is 32.2. The van der Waals surface area contributed by atoms with Crippen LogP contribution in [0.5, 0.6) is 0 Å². The van der Waals surface area contributed by atoms with Crippen molar-refractivity contribution in [2.24, 2.45) is 0 Å². The highest BCUT2D eigenvalue weighted by Crippen LogP contribution is 2.25. The van der Waals surface area contributed by atoms with Crippen LogP contribution in [0.1, 0.15) is 18.2 Å². The van der Waals surface area contributed by atoms with E-state index >= 15 is 0 Å². The number of hydrogen-bond acceptors (Lipinski definition) is 5. The number of nitrogens with zero attached hydrogens (tertiary/aromatic N) is 2. The molecule has 0 spiro atoms. The number of aliphatic hydroxyl groups is 1. The second kappa shape index (κ2) is 6.32. The molecule has 0 radical (unpaired) electrons. The highest BCUT2D eigenvalue weighted by molar-refractivity contribution is 7.89. The van der Waals surface area contributed by atoms with E-state index in [-0.39, 0.29) is 11.5 Å². The van der Waals surface area contributed by atoms with Gasteiger partial charge < -0.3 is 10.0 Å². The summed E-state index contributed by atoms with van der Waals surface area (Å²) in [5.74, 6) is 0. The monoisotopic (exact) mass is 304 g/mol. The maximum atomic E-state index is 12.5. The van der Waals surface area contributed by atoms with Gasteiger partial charge in [-0.2, -0.15) is 4.31 Å². The van der Waals surface area contributed by atoms with Crippen LogP contribution in [0.2, 0.25) is 0 Å². The summed E-state index contributed by atoms with van der Waals surface area (Å²) in [6.45, 7) is 5.56. The first-order chi connectivity index (χ1) is 9.09. The predicted octanol–water partition coefficient (Wildman–Crippen LogP) is 0.957. The molecule has 1 saturated heterocycles. The molecule has 5 nitrogen and oxygen atoms in total. The molecular formula is C12H20N2O3S2. The van der Waals surface area contributed by atoms with E-state index in [4.69, 9.17) is 0 Å². The standard InChI is InChI=1S/C12H20N2O3S2/c1-2-4-13-5-7-14(8-6-13)19(16,17)12-3-9-18-11(12)10-15/h3,9,15H,2,4-8,10H2,1H3. The number of aliphatic hydroxyl groups excluding tert-OH is 1. The van der Waals surface area contributed by atoms with Gasteiger partial charge in [-0.05, 0) is 24.4 Å². The second-order valence-electron chi connectivity index (χ2n) is 4.61. The summed E-state index contributed by atoms with van der Waals surface area (Å²) in [5, 5.41) is 10.9. The number of rotatable bonds is 5. The zero-order chi connectivity index (χ0) is 13.9. The molecule has 7 heteroatoms. The van der Waals surface area contributed by atoms with Gasteiger partial charge in [-0.1, -0.05) is 6.92 Å². The average Bonchev–Trinajstić information content (AvgIpc) is 2.89. The van der Waals surface area contributed by atoms with Crippen molar-refractivity contribution in [3.05, 3.63) is 16.3 Å². The predicted molar refractivity (Wildman–Crippen MR) is 75.7 cm³/mol. The van der Waals surface area contributed by atoms with Crippen LogP contribution in [0.25, 0.3) is 0 Å². The van der Waals surface area contributed by atoms with Gasteiger partial charge in [0.15, 0.2) is 0 Å². The molecule has 2 heterocycles. The lowest BCUT2D eigenvalue weighted by Gasteiger charge is -2.33. The Balaban J connectivity index is 2.10. The molecular weight excluding hydrogens is 284 g/mol. The van der Waals surface area contributed by atoms with Crippen LogP contribution in [0.3, 0.4) is 0 Å². The van der Waals surface area contributed by atoms with E-state index < -0.39 is 10.0 Å². The first-order valence-electron chi connectivity index (χ1n) is 6.49. The smallest absolute Gasteiger partial charge is 0.244 e. The Morgan fingerprint density at radius 1 is 1.32 bits per heavy atom. The van der Waals surface area contributed by atoms with Gasteiger partial charge in [0.2, 0.25) is 10.0 Å². The maximum Gasteiger partial charge on any atom is 0.244 e. The molecule has 1 aliphatic heterocycles. The summed E-state index contributed by atoms with van der Waals surface area (Å²) in [5.41, 5.74) is 0. The fourth-order valence-electron chi connectivity index (χ4n) is 2.32. The number of hydrogen-bond donors (Lipinski definition) is 1. The largest absolute Gasteiger partial charge is 0.391 e. The molecule has 0 amide bonds. The summed E-state index contributed by atoms with van der Waals surface area (Å²) in [4.78, 5) is 3.08. The second-order valence-corrected chi connectivity index (χ2v) is 7.52. The molecule has 1 aromatic rings. The van der Waals surface area contributed by atoms with Gasteiger partial charge in [0.25, 0.3) is 0 Å². The van der Waals surface area contributed by atoms with Crippen molar-refractivity contribution in [2.45, 2.75) is 24.8 Å². The van der Waals surface area contributed by atoms with Crippen LogP contribution in [-0.4, -0.2) is 55.5 Å². The molecule has 108 valence electrons. The zero-order valence-electron chi connectivity index (χ0n) is 11.1. The number of sulfonamides is 1. The molecule has 1 fully saturated rings. The van der Waals surface area contributed by atoms with E-state index in [1.54, 1.807) is 11.4 Å². The van der Waals surface area contributed by atoms with Crippen LogP contribution in [0.4, 0.5) is 0 Å². The molecule has 0 aromatic carbocycles. The molecule has 2 rings (SSSR count). The van der Waals surface area contributed by atoms with Crippen LogP contribution >= 0.6 is 11.3 Å². The minimum Gasteiger partial charge on any atom is -0.391 e. The van der Waals surface area contributed by atoms with E-state index in [2.05, 4.69) is 11.8 Å². The number of thiophene rings is 1. The minimum absolute atomic E-state index is 0.220. The molecule has 0 atom stereocenters. The van der Waals surface area contributed by atoms with E-state index in [1.165, 1.54) is 15.6 Å². The Hall–Kier alpha value is -0.470. The third-order valence-corrected chi connectivity index (χ3v) is 6.36. The SMILES string of the molecule is CCCN1CCN(S(=O)(=O)c2ccsc2CO)CC1. The maximum absolute atomic E-state index is 12.5. The summed E-state index contributed by atoms with van der Waals surface area (Å²) in [6, 6.07) is 1.59. The summed E-state index contributed by atoms with van der Waals surface area (Å²) in [7, 11) is -3.44. The molecule has 1 aliphatic rings. The molecule has 1 aromatic heterocycles. The molecule has 0 unspecified atom stereocenters. The number of piperazine rings is 1. The fraction of sp³-hybridized carbons (Fsp3) is 0.667. The van der Waals surface area contributed by atoms with Crippen molar-refractivity contribution >= 4 is 21.4 Å². The van der Waals surface area contributed by atoms with Crippen LogP contribution in [-0.2, 0) is 16.6 Å². The molecule has 19 heavy (non-hydrogen) atoms. The lowest BCUT2D eigenvalue weighted by Crippen LogP contribution is -2.48. The lowest BCUT2D eigenvalue weighted by atomic mass is 10.3. The van der Waals surface area contributed by atoms with Gasteiger partial charge in [-0.15, -0.1) is 11.3 Å². The van der Waals surface area contributed by atoms with Gasteiger partial charge in [-0.3, -0.25) is 0 Å². The Labute approximate surface area is 118 Å². The lowest BCUT2D eigenvalue weighted by molar-refractivity contribution is 0.188. The van der Waals surface area contributed by atoms with Crippen LogP contribution in [0.15, 0.2) is 16.3 Å². The van der Waals surface area contributed by atoms with Gasteiger partial charge in [0.05, 0.1) is 11.5 Å². The summed E-state index contributed by atoms with van der Waals surface area (Å²) < 4.78 is 26.5. The Kier molecular flexibility index (Phi) is 4.97. The first kappa shape index (κ1) is 14.9. The average molecular weight is 304 g/mol. The van der Waals surface area contributed by atoms with Crippen molar-refractivity contribution in [3.63, 3.8) is 0 Å². The molecule has 1 N–H and O–H groups in total. The highest BCUT2D eigenvalue weighted by Gasteiger charge is 2.30. The van der Waals surface area contributed by atoms with E-state index in [1.807, 2.05) is 0 Å². The van der Waals surface area contributed by atoms with Crippen molar-refractivity contribution in [2.75, 3.05) is 32.7 Å². The summed E-state index contributed by atoms with van der Waals surface area (Å²) in [6.07, 6.45) is 1.09. The Morgan fingerprint density at radius 3 is 2.58 bits per heavy atom. The molecule has 0 bridgehead atoms. The Bertz CT molecular complexity index is 505. The molecule has 0 saturated carbocycles. The van der Waals surface area contributed by atoms with Crippen LogP contribution in [0, 0.1) is 0 Å². The van der Waals surface area contributed by atoms with E-state index in [9.17, 15) is 13.5 Å². The zero-order valence-corrected chi connectivity index (χ0v) is 12.7. The van der Waals surface area contributed by atoms with Crippen molar-refractivity contribution < 1.29 is 13.5 Å². The van der Waals surface area contributed by atoms with Crippen molar-refractivity contribution in [3.8, 4) is 0 Å². The quantitative estimate of drug-likeness (QED) is 0.880. The van der Waals surface area contributed by atoms with Gasteiger partial charge in [0.1, 0.15) is 0 Å². The van der Waals surface area contributed by atoms with E-state index in [0.29, 0.717) is 18.0 Å². The van der Waals surface area contributed by atoms with Crippen molar-refractivity contribution in [1.82, 2.24) is 9.21 Å².